The fourth-order valence-corrected chi connectivity index (χ4v) is 2.71. The molecule has 1 unspecified atom stereocenters. The van der Waals surface area contributed by atoms with E-state index < -0.39 is 0 Å². The molecule has 2 heteroatoms. The summed E-state index contributed by atoms with van der Waals surface area (Å²) in [4.78, 5) is 0. The van der Waals surface area contributed by atoms with Crippen LogP contribution in [0.4, 0.5) is 0 Å². The lowest BCUT2D eigenvalue weighted by Crippen LogP contribution is -2.17. The fraction of sp³-hybridized carbons (Fsp3) is 0.571. The average Bonchev–Trinajstić information content (AvgIpc) is 2.28. The summed E-state index contributed by atoms with van der Waals surface area (Å²) in [6.45, 7) is 6.63. The van der Waals surface area contributed by atoms with Gasteiger partial charge < -0.3 is 4.74 Å². The second kappa shape index (κ2) is 5.83. The highest BCUT2D eigenvalue weighted by Crippen LogP contribution is 2.29. The Labute approximate surface area is 107 Å². The summed E-state index contributed by atoms with van der Waals surface area (Å²) in [5.41, 5.74) is 2.86. The van der Waals surface area contributed by atoms with Crippen molar-refractivity contribution in [2.75, 3.05) is 12.4 Å². The van der Waals surface area contributed by atoms with Crippen molar-refractivity contribution >= 4 is 15.9 Å². The van der Waals surface area contributed by atoms with Gasteiger partial charge in [-0.05, 0) is 29.9 Å². The molecule has 0 bridgehead atoms. The predicted octanol–water partition coefficient (Wildman–Crippen LogP) is 4.46. The molecule has 0 aliphatic rings. The molecular formula is C14H21BrO. The van der Waals surface area contributed by atoms with Crippen LogP contribution >= 0.6 is 15.9 Å². The quantitative estimate of drug-likeness (QED) is 0.726. The molecule has 0 fully saturated rings. The monoisotopic (exact) mass is 284 g/mol. The van der Waals surface area contributed by atoms with E-state index in [2.05, 4.69) is 61.0 Å². The minimum Gasteiger partial charge on any atom is -0.377 e. The lowest BCUT2D eigenvalue weighted by atomic mass is 9.82. The second-order valence-electron chi connectivity index (χ2n) is 4.82. The molecule has 1 aromatic rings. The number of benzene rings is 1. The van der Waals surface area contributed by atoms with Crippen molar-refractivity contribution in [1.82, 2.24) is 0 Å². The largest absolute Gasteiger partial charge is 0.377 e. The van der Waals surface area contributed by atoms with Gasteiger partial charge in [0.2, 0.25) is 0 Å². The van der Waals surface area contributed by atoms with Gasteiger partial charge >= 0.3 is 0 Å². The topological polar surface area (TPSA) is 9.23 Å². The van der Waals surface area contributed by atoms with Crippen LogP contribution in [0.2, 0.25) is 0 Å². The first kappa shape index (κ1) is 13.7. The van der Waals surface area contributed by atoms with E-state index in [1.807, 2.05) is 0 Å². The Morgan fingerprint density at radius 3 is 2.25 bits per heavy atom. The van der Waals surface area contributed by atoms with Crippen molar-refractivity contribution < 1.29 is 4.74 Å². The number of halogens is 1. The van der Waals surface area contributed by atoms with Crippen molar-refractivity contribution in [2.45, 2.75) is 38.7 Å². The molecule has 90 valence electrons. The molecule has 0 saturated heterocycles. The highest BCUT2D eigenvalue weighted by molar-refractivity contribution is 9.09. The predicted molar refractivity (Wildman–Crippen MR) is 73.3 cm³/mol. The first-order chi connectivity index (χ1) is 7.51. The van der Waals surface area contributed by atoms with Crippen molar-refractivity contribution in [3.8, 4) is 0 Å². The van der Waals surface area contributed by atoms with Crippen molar-refractivity contribution in [3.05, 3.63) is 35.4 Å². The summed E-state index contributed by atoms with van der Waals surface area (Å²) in [5, 5.41) is 1.04. The third-order valence-electron chi connectivity index (χ3n) is 3.23. The van der Waals surface area contributed by atoms with E-state index in [0.29, 0.717) is 0 Å². The highest BCUT2D eigenvalue weighted by atomic mass is 79.9. The summed E-state index contributed by atoms with van der Waals surface area (Å²) >= 11 is 3.51. The molecular weight excluding hydrogens is 264 g/mol. The molecule has 0 aliphatic heterocycles. The third-order valence-corrected chi connectivity index (χ3v) is 3.63. The number of hydrogen-bond acceptors (Lipinski definition) is 1. The van der Waals surface area contributed by atoms with Gasteiger partial charge in [-0.2, -0.15) is 0 Å². The van der Waals surface area contributed by atoms with Gasteiger partial charge in [0.1, 0.15) is 0 Å². The van der Waals surface area contributed by atoms with Gasteiger partial charge in [-0.3, -0.25) is 0 Å². The van der Waals surface area contributed by atoms with Gasteiger partial charge in [-0.1, -0.05) is 54.0 Å². The minimum atomic E-state index is 0.174. The first-order valence-corrected chi connectivity index (χ1v) is 6.82. The van der Waals surface area contributed by atoms with Gasteiger partial charge in [0.15, 0.2) is 0 Å². The normalized spacial score (nSPS) is 13.8. The SMILES string of the molecule is COC(C)c1ccc(C(C)(C)CCBr)cc1. The number of alkyl halides is 1. The van der Waals surface area contributed by atoms with Gasteiger partial charge in [-0.15, -0.1) is 0 Å². The van der Waals surface area contributed by atoms with Crippen molar-refractivity contribution in [1.29, 1.82) is 0 Å². The molecule has 0 aromatic heterocycles. The molecule has 0 N–H and O–H groups in total. The van der Waals surface area contributed by atoms with E-state index in [9.17, 15) is 0 Å². The van der Waals surface area contributed by atoms with E-state index in [1.54, 1.807) is 7.11 Å². The molecule has 0 radical (unpaired) electrons. The van der Waals surface area contributed by atoms with Crippen LogP contribution < -0.4 is 0 Å². The average molecular weight is 285 g/mol. The van der Waals surface area contributed by atoms with Crippen LogP contribution in [0.1, 0.15) is 44.4 Å². The van der Waals surface area contributed by atoms with Crippen molar-refractivity contribution in [2.24, 2.45) is 0 Å². The zero-order valence-electron chi connectivity index (χ0n) is 10.6. The Morgan fingerprint density at radius 1 is 1.25 bits per heavy atom. The Balaban J connectivity index is 2.86. The minimum absolute atomic E-state index is 0.174. The number of rotatable bonds is 5. The van der Waals surface area contributed by atoms with Crippen LogP contribution in [0.15, 0.2) is 24.3 Å². The molecule has 1 aromatic carbocycles. The summed E-state index contributed by atoms with van der Waals surface area (Å²) in [6, 6.07) is 8.76. The standard InChI is InChI=1S/C14H21BrO/c1-11(16-4)12-5-7-13(8-6-12)14(2,3)9-10-15/h5-8,11H,9-10H2,1-4H3. The third kappa shape index (κ3) is 3.33. The second-order valence-corrected chi connectivity index (χ2v) is 5.62. The Hall–Kier alpha value is -0.340. The Bertz CT molecular complexity index is 316. The van der Waals surface area contributed by atoms with Crippen LogP contribution in [0, 0.1) is 0 Å². The molecule has 1 nitrogen and oxygen atoms in total. The maximum atomic E-state index is 5.30. The van der Waals surface area contributed by atoms with E-state index in [1.165, 1.54) is 11.1 Å². The van der Waals surface area contributed by atoms with E-state index >= 15 is 0 Å². The maximum absolute atomic E-state index is 5.30. The molecule has 0 saturated carbocycles. The molecule has 0 spiro atoms. The van der Waals surface area contributed by atoms with Crippen LogP contribution in [-0.4, -0.2) is 12.4 Å². The molecule has 16 heavy (non-hydrogen) atoms. The van der Waals surface area contributed by atoms with Crippen LogP contribution in [0.25, 0.3) is 0 Å². The molecule has 0 heterocycles. The van der Waals surface area contributed by atoms with Gasteiger partial charge in [0, 0.05) is 12.4 Å². The lowest BCUT2D eigenvalue weighted by Gasteiger charge is -2.24. The molecule has 0 amide bonds. The molecule has 1 atom stereocenters. The number of ether oxygens (including phenoxy) is 1. The zero-order chi connectivity index (χ0) is 12.2. The Kier molecular flexibility index (Phi) is 5.00. The molecule has 0 aliphatic carbocycles. The van der Waals surface area contributed by atoms with E-state index in [4.69, 9.17) is 4.74 Å². The number of hydrogen-bond donors (Lipinski definition) is 0. The molecule has 1 rings (SSSR count). The Morgan fingerprint density at radius 2 is 1.81 bits per heavy atom. The van der Waals surface area contributed by atoms with Gasteiger partial charge in [0.05, 0.1) is 6.10 Å². The van der Waals surface area contributed by atoms with Gasteiger partial charge in [-0.25, -0.2) is 0 Å². The summed E-state index contributed by atoms with van der Waals surface area (Å²) in [5.74, 6) is 0. The zero-order valence-corrected chi connectivity index (χ0v) is 12.2. The van der Waals surface area contributed by atoms with Crippen LogP contribution in [0.3, 0.4) is 0 Å². The summed E-state index contributed by atoms with van der Waals surface area (Å²) in [6.07, 6.45) is 1.32. The van der Waals surface area contributed by atoms with Crippen molar-refractivity contribution in [3.63, 3.8) is 0 Å². The van der Waals surface area contributed by atoms with Crippen LogP contribution in [0.5, 0.6) is 0 Å². The summed E-state index contributed by atoms with van der Waals surface area (Å²) < 4.78 is 5.30. The fourth-order valence-electron chi connectivity index (χ4n) is 1.72. The van der Waals surface area contributed by atoms with Crippen LogP contribution in [-0.2, 0) is 10.2 Å². The first-order valence-electron chi connectivity index (χ1n) is 5.70. The maximum Gasteiger partial charge on any atom is 0.0793 e. The van der Waals surface area contributed by atoms with E-state index in [-0.39, 0.29) is 11.5 Å². The summed E-state index contributed by atoms with van der Waals surface area (Å²) in [7, 11) is 1.74. The van der Waals surface area contributed by atoms with Gasteiger partial charge in [0.25, 0.3) is 0 Å². The number of methoxy groups -OCH3 is 1. The lowest BCUT2D eigenvalue weighted by molar-refractivity contribution is 0.119. The van der Waals surface area contributed by atoms with E-state index in [0.717, 1.165) is 11.8 Å². The smallest absolute Gasteiger partial charge is 0.0793 e. The highest BCUT2D eigenvalue weighted by Gasteiger charge is 2.19.